The average Bonchev–Trinajstić information content (AvgIpc) is 3.07. The third-order valence-corrected chi connectivity index (χ3v) is 10.3. The minimum Gasteiger partial charge on any atom is -0.462 e. The average molecular weight is 749 g/mol. The smallest absolute Gasteiger partial charge is 0.462 e. The second-order valence-corrected chi connectivity index (χ2v) is 17.2. The normalized spacial score (nSPS) is 13.6. The summed E-state index contributed by atoms with van der Waals surface area (Å²) in [6.07, 6.45) is 35.0. The molecule has 0 aliphatic carbocycles. The fraction of sp³-hybridized carbons (Fsp3) is 0.951. The molecule has 0 rings (SSSR count). The highest BCUT2D eigenvalue weighted by molar-refractivity contribution is 7.47. The zero-order valence-corrected chi connectivity index (χ0v) is 35.0. The van der Waals surface area contributed by atoms with Crippen molar-refractivity contribution in [1.82, 2.24) is 0 Å². The Morgan fingerprint density at radius 1 is 0.529 bits per heavy atom. The fourth-order valence-corrected chi connectivity index (χ4v) is 6.79. The highest BCUT2D eigenvalue weighted by Crippen LogP contribution is 2.43. The van der Waals surface area contributed by atoms with Crippen LogP contribution in [0.5, 0.6) is 0 Å². The molecule has 0 aromatic rings. The van der Waals surface area contributed by atoms with Crippen LogP contribution in [0.25, 0.3) is 0 Å². The van der Waals surface area contributed by atoms with Gasteiger partial charge in [-0.1, -0.05) is 174 Å². The summed E-state index contributed by atoms with van der Waals surface area (Å²) in [5.41, 5.74) is 0. The van der Waals surface area contributed by atoms with Gasteiger partial charge in [-0.15, -0.1) is 0 Å². The lowest BCUT2D eigenvalue weighted by Gasteiger charge is -2.24. The molecule has 0 saturated heterocycles. The summed E-state index contributed by atoms with van der Waals surface area (Å²) in [5.74, 6) is -0.849. The van der Waals surface area contributed by atoms with Crippen molar-refractivity contribution < 1.29 is 42.1 Å². The van der Waals surface area contributed by atoms with Crippen molar-refractivity contribution in [3.8, 4) is 0 Å². The van der Waals surface area contributed by atoms with Gasteiger partial charge in [-0.3, -0.25) is 18.6 Å². The first-order valence-electron chi connectivity index (χ1n) is 21.3. The number of nitrogens with zero attached hydrogens (tertiary/aromatic N) is 1. The maximum atomic E-state index is 12.3. The van der Waals surface area contributed by atoms with Crippen molar-refractivity contribution >= 4 is 19.8 Å². The van der Waals surface area contributed by atoms with E-state index in [1.165, 1.54) is 148 Å². The largest absolute Gasteiger partial charge is 0.472 e. The third kappa shape index (κ3) is 38.5. The number of esters is 2. The van der Waals surface area contributed by atoms with Gasteiger partial charge in [0.2, 0.25) is 0 Å². The Balaban J connectivity index is 3.70. The van der Waals surface area contributed by atoms with Gasteiger partial charge < -0.3 is 18.9 Å². The number of phosphoric ester groups is 1. The number of phosphoric acid groups is 1. The Morgan fingerprint density at radius 3 is 1.29 bits per heavy atom. The molecule has 0 fully saturated rings. The highest BCUT2D eigenvalue weighted by Gasteiger charge is 2.27. The van der Waals surface area contributed by atoms with E-state index in [2.05, 4.69) is 6.92 Å². The lowest BCUT2D eigenvalue weighted by Crippen LogP contribution is -2.37. The van der Waals surface area contributed by atoms with Crippen LogP contribution in [0.3, 0.4) is 0 Å². The van der Waals surface area contributed by atoms with E-state index < -0.39 is 26.5 Å². The number of ether oxygens (including phenoxy) is 2. The van der Waals surface area contributed by atoms with E-state index in [-0.39, 0.29) is 25.6 Å². The van der Waals surface area contributed by atoms with Crippen LogP contribution in [-0.2, 0) is 32.7 Å². The van der Waals surface area contributed by atoms with Crippen molar-refractivity contribution in [2.75, 3.05) is 47.5 Å². The lowest BCUT2D eigenvalue weighted by molar-refractivity contribution is -0.870. The van der Waals surface area contributed by atoms with E-state index >= 15 is 0 Å². The summed E-state index contributed by atoms with van der Waals surface area (Å²) in [6.45, 7) is 4.05. The zero-order chi connectivity index (χ0) is 37.9. The molecule has 1 N–H and O–H groups in total. The van der Waals surface area contributed by atoms with Crippen molar-refractivity contribution in [1.29, 1.82) is 0 Å². The van der Waals surface area contributed by atoms with Crippen molar-refractivity contribution in [3.05, 3.63) is 0 Å². The summed E-state index contributed by atoms with van der Waals surface area (Å²) < 4.78 is 33.5. The van der Waals surface area contributed by atoms with Crippen LogP contribution in [0.1, 0.15) is 200 Å². The van der Waals surface area contributed by atoms with E-state index in [4.69, 9.17) is 18.5 Å². The minimum absolute atomic E-state index is 0.0339. The van der Waals surface area contributed by atoms with Crippen molar-refractivity contribution in [2.24, 2.45) is 0 Å². The van der Waals surface area contributed by atoms with Gasteiger partial charge in [-0.25, -0.2) is 4.57 Å². The fourth-order valence-electron chi connectivity index (χ4n) is 6.05. The summed E-state index contributed by atoms with van der Waals surface area (Å²) in [7, 11) is 1.48. The molecule has 0 aromatic heterocycles. The highest BCUT2D eigenvalue weighted by atomic mass is 31.2. The number of unbranched alkanes of at least 4 members (excludes halogenated alkanes) is 25. The Bertz CT molecular complexity index is 850. The number of hydrogen-bond acceptors (Lipinski definition) is 7. The molecule has 0 aromatic carbocycles. The molecule has 0 spiro atoms. The zero-order valence-electron chi connectivity index (χ0n) is 34.1. The molecular formula is C41H83NO8P+. The molecule has 0 saturated carbocycles. The van der Waals surface area contributed by atoms with Crippen LogP contribution in [0.15, 0.2) is 0 Å². The van der Waals surface area contributed by atoms with Gasteiger partial charge in [0.25, 0.3) is 0 Å². The molecule has 1 unspecified atom stereocenters. The molecule has 0 bridgehead atoms. The van der Waals surface area contributed by atoms with E-state index in [0.29, 0.717) is 23.9 Å². The Hall–Kier alpha value is -0.990. The Morgan fingerprint density at radius 2 is 0.922 bits per heavy atom. The first-order valence-corrected chi connectivity index (χ1v) is 22.8. The summed E-state index contributed by atoms with van der Waals surface area (Å²) >= 11 is 0. The number of quaternary nitrogens is 1. The molecule has 51 heavy (non-hydrogen) atoms. The van der Waals surface area contributed by atoms with Gasteiger partial charge in [0.1, 0.15) is 19.8 Å². The van der Waals surface area contributed by atoms with Crippen molar-refractivity contribution in [2.45, 2.75) is 206 Å². The van der Waals surface area contributed by atoms with Gasteiger partial charge in [-0.2, -0.15) is 0 Å². The molecule has 0 aliphatic heterocycles. The number of carbonyl (C=O) groups is 2. The molecular weight excluding hydrogens is 665 g/mol. The number of rotatable bonds is 39. The topological polar surface area (TPSA) is 108 Å². The predicted octanol–water partition coefficient (Wildman–Crippen LogP) is 11.6. The SMILES string of the molecule is CCCCCCCCCCCCCCCCCCCCCCCCCCCCC(=O)OC[C@H](COP(=O)(O)OCC[N+](C)(C)C)OC(=O)CCC. The van der Waals surface area contributed by atoms with E-state index in [1.54, 1.807) is 0 Å². The monoisotopic (exact) mass is 749 g/mol. The quantitative estimate of drug-likeness (QED) is 0.0286. The van der Waals surface area contributed by atoms with Crippen LogP contribution in [0.4, 0.5) is 0 Å². The van der Waals surface area contributed by atoms with Gasteiger partial charge in [0, 0.05) is 12.8 Å². The number of likely N-dealkylation sites (N-methyl/N-ethyl adjacent to an activating group) is 1. The molecule has 0 aliphatic rings. The number of hydrogen-bond donors (Lipinski definition) is 1. The van der Waals surface area contributed by atoms with Crippen LogP contribution in [0.2, 0.25) is 0 Å². The molecule has 0 heterocycles. The second kappa shape index (κ2) is 34.8. The van der Waals surface area contributed by atoms with Gasteiger partial charge in [-0.05, 0) is 12.8 Å². The van der Waals surface area contributed by atoms with E-state index in [1.807, 2.05) is 28.1 Å². The van der Waals surface area contributed by atoms with Crippen LogP contribution < -0.4 is 0 Å². The first-order chi connectivity index (χ1) is 24.5. The van der Waals surface area contributed by atoms with Crippen molar-refractivity contribution in [3.63, 3.8) is 0 Å². The van der Waals surface area contributed by atoms with Crippen LogP contribution >= 0.6 is 7.82 Å². The second-order valence-electron chi connectivity index (χ2n) is 15.7. The predicted molar refractivity (Wildman–Crippen MR) is 211 cm³/mol. The maximum absolute atomic E-state index is 12.3. The molecule has 9 nitrogen and oxygen atoms in total. The molecule has 2 atom stereocenters. The molecule has 304 valence electrons. The maximum Gasteiger partial charge on any atom is 0.472 e. The van der Waals surface area contributed by atoms with Crippen LogP contribution in [0, 0.1) is 0 Å². The third-order valence-electron chi connectivity index (χ3n) is 9.36. The standard InChI is InChI=1S/C41H82NO8P/c1-6-8-9-10-11-12-13-14-15-16-17-18-19-20-21-22-23-24-25-26-27-28-29-30-31-32-34-40(43)47-37-39(50-41(44)33-7-2)38-49-51(45,46)48-36-35-42(3,4)5/h39H,6-38H2,1-5H3/p+1/t39-/m1/s1. The van der Waals surface area contributed by atoms with Gasteiger partial charge >= 0.3 is 19.8 Å². The Labute approximate surface area is 314 Å². The molecule has 0 radical (unpaired) electrons. The number of carbonyl (C=O) groups excluding carboxylic acids is 2. The molecule has 10 heteroatoms. The summed E-state index contributed by atoms with van der Waals surface area (Å²) in [4.78, 5) is 34.3. The Kier molecular flexibility index (Phi) is 34.1. The first kappa shape index (κ1) is 50.0. The summed E-state index contributed by atoms with van der Waals surface area (Å²) in [6, 6.07) is 0. The van der Waals surface area contributed by atoms with E-state index in [0.717, 1.165) is 19.3 Å². The molecule has 0 amide bonds. The van der Waals surface area contributed by atoms with E-state index in [9.17, 15) is 19.0 Å². The minimum atomic E-state index is -4.34. The van der Waals surface area contributed by atoms with Crippen LogP contribution in [-0.4, -0.2) is 74.9 Å². The summed E-state index contributed by atoms with van der Waals surface area (Å²) in [5, 5.41) is 0. The van der Waals surface area contributed by atoms with Gasteiger partial charge in [0.15, 0.2) is 6.10 Å². The lowest BCUT2D eigenvalue weighted by atomic mass is 10.0. The van der Waals surface area contributed by atoms with Gasteiger partial charge in [0.05, 0.1) is 27.7 Å².